The summed E-state index contributed by atoms with van der Waals surface area (Å²) >= 11 is 0. The van der Waals surface area contributed by atoms with Gasteiger partial charge in [0.2, 0.25) is 0 Å². The van der Waals surface area contributed by atoms with Crippen molar-refractivity contribution in [1.82, 2.24) is 0 Å². The molecule has 0 heterocycles. The molecule has 0 aliphatic carbocycles. The fraction of sp³-hybridized carbons (Fsp3) is 0.778. The SMILES string of the molecule is COC(=O)[C@H](C)OC(=O)C(C)(C)C. The van der Waals surface area contributed by atoms with Crippen molar-refractivity contribution in [2.75, 3.05) is 7.11 Å². The molecule has 0 amide bonds. The molecular weight excluding hydrogens is 172 g/mol. The van der Waals surface area contributed by atoms with E-state index in [1.54, 1.807) is 20.8 Å². The standard InChI is InChI=1S/C9H16O4/c1-6(7(10)12-5)13-8(11)9(2,3)4/h6H,1-5H3/t6-/m0/s1. The summed E-state index contributed by atoms with van der Waals surface area (Å²) in [6, 6.07) is 0. The Morgan fingerprint density at radius 3 is 2.00 bits per heavy atom. The summed E-state index contributed by atoms with van der Waals surface area (Å²) in [6.45, 7) is 6.65. The first-order chi connectivity index (χ1) is 5.79. The van der Waals surface area contributed by atoms with Gasteiger partial charge in [-0.1, -0.05) is 0 Å². The largest absolute Gasteiger partial charge is 0.466 e. The Bertz CT molecular complexity index is 202. The van der Waals surface area contributed by atoms with Crippen LogP contribution in [0.3, 0.4) is 0 Å². The fourth-order valence-electron chi connectivity index (χ4n) is 0.551. The van der Waals surface area contributed by atoms with Crippen molar-refractivity contribution in [2.24, 2.45) is 5.41 Å². The Balaban J connectivity index is 4.15. The van der Waals surface area contributed by atoms with Crippen LogP contribution in [0, 0.1) is 5.41 Å². The van der Waals surface area contributed by atoms with Gasteiger partial charge < -0.3 is 9.47 Å². The van der Waals surface area contributed by atoms with Crippen LogP contribution in [-0.4, -0.2) is 25.2 Å². The lowest BCUT2D eigenvalue weighted by Crippen LogP contribution is -2.31. The van der Waals surface area contributed by atoms with E-state index in [1.165, 1.54) is 14.0 Å². The van der Waals surface area contributed by atoms with Crippen molar-refractivity contribution in [3.05, 3.63) is 0 Å². The zero-order valence-electron chi connectivity index (χ0n) is 8.71. The van der Waals surface area contributed by atoms with Gasteiger partial charge in [-0.2, -0.15) is 0 Å². The molecule has 0 aliphatic heterocycles. The molecule has 0 unspecified atom stereocenters. The van der Waals surface area contributed by atoms with Gasteiger partial charge in [-0.05, 0) is 27.7 Å². The highest BCUT2D eigenvalue weighted by atomic mass is 16.6. The molecule has 0 spiro atoms. The molecule has 0 bridgehead atoms. The van der Waals surface area contributed by atoms with E-state index < -0.39 is 23.5 Å². The third kappa shape index (κ3) is 3.92. The zero-order valence-corrected chi connectivity index (χ0v) is 8.71. The highest BCUT2D eigenvalue weighted by molar-refractivity contribution is 5.81. The fourth-order valence-corrected chi connectivity index (χ4v) is 0.551. The quantitative estimate of drug-likeness (QED) is 0.610. The van der Waals surface area contributed by atoms with Crippen molar-refractivity contribution >= 4 is 11.9 Å². The van der Waals surface area contributed by atoms with Gasteiger partial charge in [-0.15, -0.1) is 0 Å². The van der Waals surface area contributed by atoms with E-state index in [0.717, 1.165) is 0 Å². The first kappa shape index (κ1) is 11.9. The summed E-state index contributed by atoms with van der Waals surface area (Å²) in [4.78, 5) is 22.1. The molecule has 13 heavy (non-hydrogen) atoms. The van der Waals surface area contributed by atoms with E-state index in [1.807, 2.05) is 0 Å². The molecule has 1 atom stereocenters. The first-order valence-electron chi connectivity index (χ1n) is 4.08. The average molecular weight is 188 g/mol. The molecule has 4 heteroatoms. The van der Waals surface area contributed by atoms with E-state index in [-0.39, 0.29) is 0 Å². The molecule has 0 N–H and O–H groups in total. The van der Waals surface area contributed by atoms with Gasteiger partial charge >= 0.3 is 11.9 Å². The predicted octanol–water partition coefficient (Wildman–Crippen LogP) is 1.14. The lowest BCUT2D eigenvalue weighted by Gasteiger charge is -2.19. The summed E-state index contributed by atoms with van der Waals surface area (Å²) < 4.78 is 9.26. The van der Waals surface area contributed by atoms with E-state index in [0.29, 0.717) is 0 Å². The number of esters is 2. The van der Waals surface area contributed by atoms with Crippen molar-refractivity contribution in [3.8, 4) is 0 Å². The number of hydrogen-bond donors (Lipinski definition) is 0. The minimum absolute atomic E-state index is 0.412. The number of carbonyl (C=O) groups excluding carboxylic acids is 2. The summed E-state index contributed by atoms with van der Waals surface area (Å²) in [6.07, 6.45) is -0.836. The Labute approximate surface area is 78.2 Å². The molecule has 0 aliphatic rings. The predicted molar refractivity (Wildman–Crippen MR) is 47.0 cm³/mol. The Morgan fingerprint density at radius 2 is 1.69 bits per heavy atom. The van der Waals surface area contributed by atoms with E-state index in [9.17, 15) is 9.59 Å². The van der Waals surface area contributed by atoms with E-state index in [2.05, 4.69) is 4.74 Å². The maximum atomic E-state index is 11.3. The third-order valence-electron chi connectivity index (χ3n) is 1.43. The van der Waals surface area contributed by atoms with Crippen molar-refractivity contribution in [1.29, 1.82) is 0 Å². The van der Waals surface area contributed by atoms with Crippen LogP contribution in [-0.2, 0) is 19.1 Å². The van der Waals surface area contributed by atoms with Gasteiger partial charge in [-0.3, -0.25) is 4.79 Å². The highest BCUT2D eigenvalue weighted by Gasteiger charge is 2.27. The van der Waals surface area contributed by atoms with Crippen molar-refractivity contribution < 1.29 is 19.1 Å². The van der Waals surface area contributed by atoms with Crippen LogP contribution in [0.15, 0.2) is 0 Å². The maximum Gasteiger partial charge on any atom is 0.346 e. The van der Waals surface area contributed by atoms with Crippen LogP contribution >= 0.6 is 0 Å². The van der Waals surface area contributed by atoms with Crippen LogP contribution in [0.4, 0.5) is 0 Å². The summed E-state index contributed by atoms with van der Waals surface area (Å²) in [5.41, 5.74) is -0.595. The number of ether oxygens (including phenoxy) is 2. The molecule has 0 saturated carbocycles. The van der Waals surface area contributed by atoms with Crippen molar-refractivity contribution in [3.63, 3.8) is 0 Å². The molecule has 76 valence electrons. The van der Waals surface area contributed by atoms with Crippen LogP contribution in [0.1, 0.15) is 27.7 Å². The first-order valence-corrected chi connectivity index (χ1v) is 4.08. The molecule has 0 radical (unpaired) electrons. The second-order valence-electron chi connectivity index (χ2n) is 3.82. The lowest BCUT2D eigenvalue weighted by atomic mass is 9.97. The minimum atomic E-state index is -0.836. The van der Waals surface area contributed by atoms with Gasteiger partial charge in [-0.25, -0.2) is 4.79 Å². The van der Waals surface area contributed by atoms with E-state index in [4.69, 9.17) is 4.74 Å². The molecule has 0 aromatic carbocycles. The van der Waals surface area contributed by atoms with Gasteiger partial charge in [0, 0.05) is 0 Å². The molecule has 0 rings (SSSR count). The number of carbonyl (C=O) groups is 2. The van der Waals surface area contributed by atoms with Gasteiger partial charge in [0.25, 0.3) is 0 Å². The smallest absolute Gasteiger partial charge is 0.346 e. The molecule has 4 nitrogen and oxygen atoms in total. The molecule has 0 aromatic rings. The van der Waals surface area contributed by atoms with Crippen LogP contribution < -0.4 is 0 Å². The second kappa shape index (κ2) is 4.25. The van der Waals surface area contributed by atoms with Crippen molar-refractivity contribution in [2.45, 2.75) is 33.8 Å². The molecule has 0 saturated heterocycles. The van der Waals surface area contributed by atoms with Crippen LogP contribution in [0.25, 0.3) is 0 Å². The number of rotatable bonds is 2. The third-order valence-corrected chi connectivity index (χ3v) is 1.43. The summed E-state index contributed by atoms with van der Waals surface area (Å²) in [5, 5.41) is 0. The Hall–Kier alpha value is -1.06. The lowest BCUT2D eigenvalue weighted by molar-refractivity contribution is -0.170. The average Bonchev–Trinajstić information content (AvgIpc) is 2.01. The van der Waals surface area contributed by atoms with Crippen LogP contribution in [0.5, 0.6) is 0 Å². The number of hydrogen-bond acceptors (Lipinski definition) is 4. The molecule has 0 aromatic heterocycles. The second-order valence-corrected chi connectivity index (χ2v) is 3.82. The Kier molecular flexibility index (Phi) is 3.91. The van der Waals surface area contributed by atoms with Gasteiger partial charge in [0.15, 0.2) is 6.10 Å². The minimum Gasteiger partial charge on any atom is -0.466 e. The Morgan fingerprint density at radius 1 is 1.23 bits per heavy atom. The zero-order chi connectivity index (χ0) is 10.6. The topological polar surface area (TPSA) is 52.6 Å². The van der Waals surface area contributed by atoms with Gasteiger partial charge in [0.1, 0.15) is 0 Å². The molecular formula is C9H16O4. The highest BCUT2D eigenvalue weighted by Crippen LogP contribution is 2.16. The normalized spacial score (nSPS) is 13.3. The summed E-state index contributed by atoms with van der Waals surface area (Å²) in [5.74, 6) is -0.956. The van der Waals surface area contributed by atoms with Crippen LogP contribution in [0.2, 0.25) is 0 Å². The summed E-state index contributed by atoms with van der Waals surface area (Å²) in [7, 11) is 1.25. The maximum absolute atomic E-state index is 11.3. The monoisotopic (exact) mass is 188 g/mol. The molecule has 0 fully saturated rings. The van der Waals surface area contributed by atoms with Gasteiger partial charge in [0.05, 0.1) is 12.5 Å². The number of methoxy groups -OCH3 is 1. The van der Waals surface area contributed by atoms with E-state index >= 15 is 0 Å².